The normalized spacial score (nSPS) is 12.8. The molecular formula is C17H14ClN5O2S. The zero-order valence-electron chi connectivity index (χ0n) is 13.8. The van der Waals surface area contributed by atoms with Crippen molar-refractivity contribution < 1.29 is 9.53 Å². The number of nitrogens with two attached hydrogens (primary N) is 1. The van der Waals surface area contributed by atoms with Gasteiger partial charge in [-0.05, 0) is 12.1 Å². The molecule has 0 bridgehead atoms. The van der Waals surface area contributed by atoms with Crippen LogP contribution in [0.4, 0.5) is 0 Å². The third-order valence-corrected chi connectivity index (χ3v) is 5.47. The van der Waals surface area contributed by atoms with Crippen molar-refractivity contribution in [2.45, 2.75) is 13.1 Å². The number of aliphatic imine (C=N–C) groups is 1. The first-order chi connectivity index (χ1) is 12.6. The fourth-order valence-electron chi connectivity index (χ4n) is 2.86. The lowest BCUT2D eigenvalue weighted by Gasteiger charge is -2.09. The number of nitrogens with zero attached hydrogens (tertiary/aromatic N) is 4. The molecule has 0 aliphatic carbocycles. The summed E-state index contributed by atoms with van der Waals surface area (Å²) in [4.78, 5) is 17.3. The van der Waals surface area contributed by atoms with Gasteiger partial charge in [-0.3, -0.25) is 9.56 Å². The number of hydrogen-bond donors (Lipinski definition) is 1. The molecule has 0 amide bonds. The Hall–Kier alpha value is -2.55. The molecular weight excluding hydrogens is 374 g/mol. The second-order valence-corrected chi connectivity index (χ2v) is 6.98. The number of ether oxygens (including phenoxy) is 1. The van der Waals surface area contributed by atoms with Gasteiger partial charge in [0, 0.05) is 16.1 Å². The van der Waals surface area contributed by atoms with Crippen LogP contribution in [0.3, 0.4) is 0 Å². The van der Waals surface area contributed by atoms with E-state index >= 15 is 0 Å². The molecule has 0 atom stereocenters. The van der Waals surface area contributed by atoms with E-state index < -0.39 is 5.97 Å². The Bertz CT molecular complexity index is 1040. The van der Waals surface area contributed by atoms with Gasteiger partial charge in [0.25, 0.3) is 0 Å². The lowest BCUT2D eigenvalue weighted by Crippen LogP contribution is -2.09. The van der Waals surface area contributed by atoms with Gasteiger partial charge in [-0.2, -0.15) is 0 Å². The molecule has 0 saturated carbocycles. The molecule has 7 nitrogen and oxygen atoms in total. The summed E-state index contributed by atoms with van der Waals surface area (Å²) in [5, 5.41) is 9.69. The number of methoxy groups -OCH3 is 1. The Morgan fingerprint density at radius 3 is 2.88 bits per heavy atom. The SMILES string of the molecule is COC(=O)c1cc2c(s1)-n1c(CN)nnc1CN=C2c1ccccc1Cl. The summed E-state index contributed by atoms with van der Waals surface area (Å²) in [5.74, 6) is 0.854. The average Bonchev–Trinajstić information content (AvgIpc) is 3.23. The highest BCUT2D eigenvalue weighted by Crippen LogP contribution is 2.34. The monoisotopic (exact) mass is 387 g/mol. The molecule has 0 saturated heterocycles. The highest BCUT2D eigenvalue weighted by atomic mass is 35.5. The molecule has 1 aromatic carbocycles. The maximum atomic E-state index is 12.1. The second-order valence-electron chi connectivity index (χ2n) is 5.54. The van der Waals surface area contributed by atoms with Crippen molar-refractivity contribution in [2.24, 2.45) is 10.7 Å². The fraction of sp³-hybridized carbons (Fsp3) is 0.176. The summed E-state index contributed by atoms with van der Waals surface area (Å²) in [7, 11) is 1.35. The summed E-state index contributed by atoms with van der Waals surface area (Å²) < 4.78 is 6.74. The molecule has 3 aromatic rings. The summed E-state index contributed by atoms with van der Waals surface area (Å²) >= 11 is 7.69. The molecule has 0 spiro atoms. The van der Waals surface area contributed by atoms with E-state index in [2.05, 4.69) is 10.2 Å². The van der Waals surface area contributed by atoms with E-state index in [1.54, 1.807) is 6.07 Å². The largest absolute Gasteiger partial charge is 0.465 e. The first-order valence-corrected chi connectivity index (χ1v) is 8.99. The van der Waals surface area contributed by atoms with Crippen LogP contribution in [-0.2, 0) is 17.8 Å². The van der Waals surface area contributed by atoms with E-state index in [4.69, 9.17) is 27.1 Å². The predicted octanol–water partition coefficient (Wildman–Crippen LogP) is 2.58. The third kappa shape index (κ3) is 2.63. The smallest absolute Gasteiger partial charge is 0.348 e. The van der Waals surface area contributed by atoms with Crippen molar-refractivity contribution in [3.05, 3.63) is 63.0 Å². The van der Waals surface area contributed by atoms with Crippen molar-refractivity contribution in [1.29, 1.82) is 0 Å². The van der Waals surface area contributed by atoms with E-state index in [1.807, 2.05) is 28.8 Å². The van der Waals surface area contributed by atoms with Gasteiger partial charge >= 0.3 is 5.97 Å². The lowest BCUT2D eigenvalue weighted by atomic mass is 10.0. The highest BCUT2D eigenvalue weighted by molar-refractivity contribution is 7.16. The van der Waals surface area contributed by atoms with E-state index in [9.17, 15) is 4.79 Å². The Kier molecular flexibility index (Phi) is 4.31. The standard InChI is InChI=1S/C17H14ClN5O2S/c1-25-17(24)12-6-10-15(9-4-2-3-5-11(9)18)20-8-14-22-21-13(7-19)23(14)16(10)26-12/h2-6H,7-8,19H2,1H3. The minimum atomic E-state index is -0.412. The number of halogens is 1. The molecule has 26 heavy (non-hydrogen) atoms. The van der Waals surface area contributed by atoms with E-state index in [1.165, 1.54) is 18.4 Å². The minimum Gasteiger partial charge on any atom is -0.465 e. The van der Waals surface area contributed by atoms with Crippen LogP contribution in [-0.4, -0.2) is 33.6 Å². The fourth-order valence-corrected chi connectivity index (χ4v) is 4.20. The number of aromatic nitrogens is 3. The van der Waals surface area contributed by atoms with Crippen molar-refractivity contribution in [3.63, 3.8) is 0 Å². The predicted molar refractivity (Wildman–Crippen MR) is 99.3 cm³/mol. The van der Waals surface area contributed by atoms with Gasteiger partial charge in [0.2, 0.25) is 0 Å². The summed E-state index contributed by atoms with van der Waals surface area (Å²) in [5.41, 5.74) is 8.08. The number of esters is 1. The van der Waals surface area contributed by atoms with Gasteiger partial charge < -0.3 is 10.5 Å². The number of carbonyl (C=O) groups is 1. The first kappa shape index (κ1) is 16.9. The molecule has 2 aromatic heterocycles. The quantitative estimate of drug-likeness (QED) is 0.697. The van der Waals surface area contributed by atoms with E-state index in [0.717, 1.165) is 16.1 Å². The van der Waals surface area contributed by atoms with Gasteiger partial charge in [-0.25, -0.2) is 4.79 Å². The molecule has 0 radical (unpaired) electrons. The number of carbonyl (C=O) groups excluding carboxylic acids is 1. The van der Waals surface area contributed by atoms with Crippen LogP contribution in [0.15, 0.2) is 35.3 Å². The molecule has 132 valence electrons. The first-order valence-electron chi connectivity index (χ1n) is 7.79. The second kappa shape index (κ2) is 6.64. The van der Waals surface area contributed by atoms with Gasteiger partial charge in [0.1, 0.15) is 16.4 Å². The Morgan fingerprint density at radius 2 is 2.15 bits per heavy atom. The van der Waals surface area contributed by atoms with Gasteiger partial charge in [-0.1, -0.05) is 29.8 Å². The van der Waals surface area contributed by atoms with Crippen LogP contribution in [0, 0.1) is 0 Å². The molecule has 1 aliphatic heterocycles. The van der Waals surface area contributed by atoms with Crippen LogP contribution in [0.1, 0.15) is 32.4 Å². The number of benzene rings is 1. The van der Waals surface area contributed by atoms with Crippen LogP contribution in [0.25, 0.3) is 5.00 Å². The molecule has 0 fully saturated rings. The molecule has 9 heteroatoms. The van der Waals surface area contributed by atoms with E-state index in [0.29, 0.717) is 33.8 Å². The number of rotatable bonds is 3. The van der Waals surface area contributed by atoms with Crippen LogP contribution < -0.4 is 5.73 Å². The molecule has 0 unspecified atom stereocenters. The van der Waals surface area contributed by atoms with Crippen LogP contribution >= 0.6 is 22.9 Å². The van der Waals surface area contributed by atoms with Crippen molar-refractivity contribution in [1.82, 2.24) is 14.8 Å². The third-order valence-electron chi connectivity index (χ3n) is 4.04. The van der Waals surface area contributed by atoms with Gasteiger partial charge in [0.15, 0.2) is 11.6 Å². The highest BCUT2D eigenvalue weighted by Gasteiger charge is 2.27. The maximum Gasteiger partial charge on any atom is 0.348 e. The number of fused-ring (bicyclic) bond motifs is 3. The topological polar surface area (TPSA) is 95.4 Å². The lowest BCUT2D eigenvalue weighted by molar-refractivity contribution is 0.0606. The minimum absolute atomic E-state index is 0.222. The maximum absolute atomic E-state index is 12.1. The van der Waals surface area contributed by atoms with Crippen molar-refractivity contribution in [3.8, 4) is 5.00 Å². The molecule has 1 aliphatic rings. The van der Waals surface area contributed by atoms with Crippen LogP contribution in [0.2, 0.25) is 5.02 Å². The van der Waals surface area contributed by atoms with Gasteiger partial charge in [0.05, 0.1) is 19.4 Å². The Morgan fingerprint density at radius 1 is 1.35 bits per heavy atom. The van der Waals surface area contributed by atoms with Crippen LogP contribution in [0.5, 0.6) is 0 Å². The zero-order chi connectivity index (χ0) is 18.3. The van der Waals surface area contributed by atoms with Gasteiger partial charge in [-0.15, -0.1) is 21.5 Å². The Balaban J connectivity index is 1.98. The molecule has 3 heterocycles. The molecule has 4 rings (SSSR count). The summed E-state index contributed by atoms with van der Waals surface area (Å²) in [6, 6.07) is 9.23. The zero-order valence-corrected chi connectivity index (χ0v) is 15.3. The van der Waals surface area contributed by atoms with E-state index in [-0.39, 0.29) is 6.54 Å². The number of thiophene rings is 1. The average molecular weight is 388 g/mol. The summed E-state index contributed by atoms with van der Waals surface area (Å²) in [6.45, 7) is 0.557. The number of hydrogen-bond acceptors (Lipinski definition) is 7. The molecule has 2 N–H and O–H groups in total. The Labute approximate surface area is 158 Å². The van der Waals surface area contributed by atoms with Crippen molar-refractivity contribution >= 4 is 34.6 Å². The van der Waals surface area contributed by atoms with Crippen molar-refractivity contribution in [2.75, 3.05) is 7.11 Å². The summed E-state index contributed by atoms with van der Waals surface area (Å²) in [6.07, 6.45) is 0.